The molecule has 0 saturated carbocycles. The molecule has 0 heterocycles. The molecule has 37 heavy (non-hydrogen) atoms. The van der Waals surface area contributed by atoms with Gasteiger partial charge in [0, 0.05) is 10.8 Å². The SMILES string of the molecule is CC(C)(c1ccc(O)cc1)c1ccc(OCC(=O)Oc2ccc(C(C)(C)c3ccc(O)cc3)cc2)cc1. The van der Waals surface area contributed by atoms with E-state index in [1.807, 2.05) is 60.7 Å². The van der Waals surface area contributed by atoms with Crippen LogP contribution in [0.25, 0.3) is 0 Å². The second kappa shape index (κ2) is 10.4. The van der Waals surface area contributed by atoms with Gasteiger partial charge in [0.15, 0.2) is 6.61 Å². The van der Waals surface area contributed by atoms with Gasteiger partial charge in [-0.05, 0) is 70.8 Å². The molecular formula is C32H32O5. The Morgan fingerprint density at radius 1 is 0.568 bits per heavy atom. The van der Waals surface area contributed by atoms with E-state index in [4.69, 9.17) is 9.47 Å². The van der Waals surface area contributed by atoms with E-state index in [-0.39, 0.29) is 28.9 Å². The van der Waals surface area contributed by atoms with Crippen LogP contribution in [0.3, 0.4) is 0 Å². The van der Waals surface area contributed by atoms with Crippen LogP contribution in [0, 0.1) is 0 Å². The van der Waals surface area contributed by atoms with Gasteiger partial charge in [0.2, 0.25) is 0 Å². The largest absolute Gasteiger partial charge is 0.508 e. The maximum atomic E-state index is 12.4. The first-order chi connectivity index (χ1) is 17.6. The zero-order valence-corrected chi connectivity index (χ0v) is 21.6. The molecule has 190 valence electrons. The lowest BCUT2D eigenvalue weighted by Gasteiger charge is -2.26. The summed E-state index contributed by atoms with van der Waals surface area (Å²) in [4.78, 5) is 12.4. The highest BCUT2D eigenvalue weighted by Gasteiger charge is 2.24. The predicted octanol–water partition coefficient (Wildman–Crippen LogP) is 6.73. The number of esters is 1. The molecule has 5 heteroatoms. The lowest BCUT2D eigenvalue weighted by atomic mass is 9.78. The molecule has 0 fully saturated rings. The number of phenolic OH excluding ortho intramolecular Hbond substituents is 2. The van der Waals surface area contributed by atoms with Crippen molar-refractivity contribution in [2.75, 3.05) is 6.61 Å². The highest BCUT2D eigenvalue weighted by molar-refractivity contribution is 5.74. The first-order valence-corrected chi connectivity index (χ1v) is 12.2. The number of hydrogen-bond donors (Lipinski definition) is 2. The van der Waals surface area contributed by atoms with E-state index in [2.05, 4.69) is 27.7 Å². The van der Waals surface area contributed by atoms with Gasteiger partial charge in [-0.15, -0.1) is 0 Å². The van der Waals surface area contributed by atoms with Crippen molar-refractivity contribution in [2.24, 2.45) is 0 Å². The summed E-state index contributed by atoms with van der Waals surface area (Å²) >= 11 is 0. The minimum absolute atomic E-state index is 0.207. The van der Waals surface area contributed by atoms with Gasteiger partial charge < -0.3 is 19.7 Å². The van der Waals surface area contributed by atoms with Crippen LogP contribution < -0.4 is 9.47 Å². The van der Waals surface area contributed by atoms with E-state index >= 15 is 0 Å². The van der Waals surface area contributed by atoms with Crippen molar-refractivity contribution >= 4 is 5.97 Å². The predicted molar refractivity (Wildman–Crippen MR) is 144 cm³/mol. The van der Waals surface area contributed by atoms with Crippen LogP contribution in [0.4, 0.5) is 0 Å². The lowest BCUT2D eigenvalue weighted by Crippen LogP contribution is -2.20. The molecule has 4 aromatic rings. The Bertz CT molecular complexity index is 1330. The van der Waals surface area contributed by atoms with Crippen LogP contribution in [0.5, 0.6) is 23.0 Å². The quantitative estimate of drug-likeness (QED) is 0.209. The van der Waals surface area contributed by atoms with Crippen LogP contribution >= 0.6 is 0 Å². The molecule has 4 rings (SSSR count). The third-order valence-electron chi connectivity index (χ3n) is 6.92. The number of ether oxygens (including phenoxy) is 2. The summed E-state index contributed by atoms with van der Waals surface area (Å²) in [7, 11) is 0. The van der Waals surface area contributed by atoms with Gasteiger partial charge in [-0.25, -0.2) is 4.79 Å². The van der Waals surface area contributed by atoms with Crippen LogP contribution in [0.2, 0.25) is 0 Å². The molecule has 0 bridgehead atoms. The third-order valence-corrected chi connectivity index (χ3v) is 6.92. The molecule has 0 unspecified atom stereocenters. The summed E-state index contributed by atoms with van der Waals surface area (Å²) in [6.07, 6.45) is 0. The van der Waals surface area contributed by atoms with Crippen LogP contribution in [-0.2, 0) is 15.6 Å². The first-order valence-electron chi connectivity index (χ1n) is 12.2. The molecule has 0 radical (unpaired) electrons. The van der Waals surface area contributed by atoms with Crippen LogP contribution in [0.1, 0.15) is 49.9 Å². The molecule has 0 saturated heterocycles. The van der Waals surface area contributed by atoms with E-state index < -0.39 is 5.97 Å². The fourth-order valence-electron chi connectivity index (χ4n) is 4.30. The summed E-state index contributed by atoms with van der Waals surface area (Å²) in [6.45, 7) is 8.23. The fraction of sp³-hybridized carbons (Fsp3) is 0.219. The van der Waals surface area contributed by atoms with Crippen molar-refractivity contribution in [3.05, 3.63) is 119 Å². The molecule has 0 aliphatic heterocycles. The van der Waals surface area contributed by atoms with Gasteiger partial charge in [-0.2, -0.15) is 0 Å². The number of aromatic hydroxyl groups is 2. The number of hydrogen-bond acceptors (Lipinski definition) is 5. The van der Waals surface area contributed by atoms with Crippen molar-refractivity contribution in [2.45, 2.75) is 38.5 Å². The minimum Gasteiger partial charge on any atom is -0.508 e. The minimum atomic E-state index is -0.487. The topological polar surface area (TPSA) is 76.0 Å². The molecule has 5 nitrogen and oxygen atoms in total. The van der Waals surface area contributed by atoms with Gasteiger partial charge in [0.25, 0.3) is 0 Å². The molecular weight excluding hydrogens is 464 g/mol. The number of carbonyl (C=O) groups is 1. The summed E-state index contributed by atoms with van der Waals surface area (Å²) in [6, 6.07) is 29.4. The molecule has 0 aliphatic carbocycles. The zero-order chi connectivity index (χ0) is 26.6. The fourth-order valence-corrected chi connectivity index (χ4v) is 4.30. The monoisotopic (exact) mass is 496 g/mol. The van der Waals surface area contributed by atoms with Gasteiger partial charge in [0.1, 0.15) is 23.0 Å². The van der Waals surface area contributed by atoms with Crippen molar-refractivity contribution in [1.82, 2.24) is 0 Å². The Morgan fingerprint density at radius 2 is 0.892 bits per heavy atom. The molecule has 0 aliphatic rings. The maximum absolute atomic E-state index is 12.4. The summed E-state index contributed by atoms with van der Waals surface area (Å²) in [5.41, 5.74) is 3.77. The highest BCUT2D eigenvalue weighted by atomic mass is 16.6. The number of phenols is 2. The molecule has 0 spiro atoms. The average molecular weight is 497 g/mol. The zero-order valence-electron chi connectivity index (χ0n) is 21.6. The second-order valence-corrected chi connectivity index (χ2v) is 10.2. The summed E-state index contributed by atoms with van der Waals surface area (Å²) in [5, 5.41) is 19.1. The van der Waals surface area contributed by atoms with E-state index in [1.54, 1.807) is 36.4 Å². The van der Waals surface area contributed by atoms with Gasteiger partial charge in [0.05, 0.1) is 0 Å². The average Bonchev–Trinajstić information content (AvgIpc) is 2.88. The Hall–Kier alpha value is -4.25. The van der Waals surface area contributed by atoms with Crippen LogP contribution in [0.15, 0.2) is 97.1 Å². The summed E-state index contributed by atoms with van der Waals surface area (Å²) in [5.74, 6) is 1.01. The normalized spacial score (nSPS) is 11.7. The third kappa shape index (κ3) is 5.95. The van der Waals surface area contributed by atoms with Gasteiger partial charge in [-0.1, -0.05) is 76.2 Å². The molecule has 0 aromatic heterocycles. The van der Waals surface area contributed by atoms with Gasteiger partial charge >= 0.3 is 5.97 Å². The van der Waals surface area contributed by atoms with Crippen molar-refractivity contribution in [3.8, 4) is 23.0 Å². The smallest absolute Gasteiger partial charge is 0.349 e. The van der Waals surface area contributed by atoms with Crippen molar-refractivity contribution in [3.63, 3.8) is 0 Å². The highest BCUT2D eigenvalue weighted by Crippen LogP contribution is 2.34. The van der Waals surface area contributed by atoms with Crippen molar-refractivity contribution < 1.29 is 24.5 Å². The first kappa shape index (κ1) is 25.8. The maximum Gasteiger partial charge on any atom is 0.349 e. The van der Waals surface area contributed by atoms with E-state index in [9.17, 15) is 15.0 Å². The lowest BCUT2D eigenvalue weighted by molar-refractivity contribution is -0.136. The Labute approximate surface area is 217 Å². The molecule has 4 aromatic carbocycles. The van der Waals surface area contributed by atoms with Crippen LogP contribution in [-0.4, -0.2) is 22.8 Å². The second-order valence-electron chi connectivity index (χ2n) is 10.2. The van der Waals surface area contributed by atoms with Crippen molar-refractivity contribution in [1.29, 1.82) is 0 Å². The van der Waals surface area contributed by atoms with E-state index in [0.29, 0.717) is 11.5 Å². The standard InChI is InChI=1S/C32H32O5/c1-31(2,22-5-13-26(33)14-6-22)24-9-17-28(18-10-24)36-21-30(35)37-29-19-11-25(12-20-29)32(3,4)23-7-15-27(34)16-8-23/h5-20,33-34H,21H2,1-4H3. The molecule has 0 amide bonds. The number of carbonyl (C=O) groups excluding carboxylic acids is 1. The number of benzene rings is 4. The Balaban J connectivity index is 1.33. The molecule has 2 N–H and O–H groups in total. The Kier molecular flexibility index (Phi) is 7.25. The molecule has 0 atom stereocenters. The number of rotatable bonds is 8. The van der Waals surface area contributed by atoms with E-state index in [1.165, 1.54) is 0 Å². The summed E-state index contributed by atoms with van der Waals surface area (Å²) < 4.78 is 11.1. The van der Waals surface area contributed by atoms with Gasteiger partial charge in [-0.3, -0.25) is 0 Å². The Morgan fingerprint density at radius 3 is 1.27 bits per heavy atom. The van der Waals surface area contributed by atoms with E-state index in [0.717, 1.165) is 22.3 Å².